The molecule has 3 N–H and O–H groups in total. The van der Waals surface area contributed by atoms with Crippen LogP contribution in [0.1, 0.15) is 18.9 Å². The molecular weight excluding hydrogens is 241 g/mol. The highest BCUT2D eigenvalue weighted by atomic mass is 31.2. The first kappa shape index (κ1) is 14.2. The molecule has 0 radical (unpaired) electrons. The molecule has 0 heterocycles. The maximum Gasteiger partial charge on any atom is 0.527 e. The van der Waals surface area contributed by atoms with Gasteiger partial charge in [-0.25, -0.2) is 4.57 Å². The molecule has 17 heavy (non-hydrogen) atoms. The lowest BCUT2D eigenvalue weighted by molar-refractivity contribution is 0.208. The monoisotopic (exact) mass is 259 g/mol. The fraction of sp³-hybridized carbons (Fsp3) is 0.455. The number of phosphoric acid groups is 1. The van der Waals surface area contributed by atoms with Crippen molar-refractivity contribution < 1.29 is 18.5 Å². The van der Waals surface area contributed by atoms with Gasteiger partial charge in [0.05, 0.1) is 6.61 Å². The van der Waals surface area contributed by atoms with Gasteiger partial charge in [-0.3, -0.25) is 9.42 Å². The SMILES string of the molecule is CCCc1ccccc1OP(=O)(O)OCCN. The van der Waals surface area contributed by atoms with Gasteiger partial charge in [0.1, 0.15) is 5.75 Å². The Hall–Kier alpha value is -0.870. The predicted molar refractivity (Wildman–Crippen MR) is 65.9 cm³/mol. The normalized spacial score (nSPS) is 14.3. The van der Waals surface area contributed by atoms with Crippen LogP contribution >= 0.6 is 7.82 Å². The van der Waals surface area contributed by atoms with Crippen LogP contribution in [-0.4, -0.2) is 18.0 Å². The molecule has 5 nitrogen and oxygen atoms in total. The second-order valence-electron chi connectivity index (χ2n) is 3.54. The third kappa shape index (κ3) is 4.88. The molecular formula is C11H18NO4P. The van der Waals surface area contributed by atoms with E-state index in [2.05, 4.69) is 4.52 Å². The Bertz CT molecular complexity index is 397. The van der Waals surface area contributed by atoms with E-state index in [0.29, 0.717) is 5.75 Å². The van der Waals surface area contributed by atoms with Crippen molar-refractivity contribution in [3.8, 4) is 5.75 Å². The van der Waals surface area contributed by atoms with E-state index in [1.54, 1.807) is 12.1 Å². The van der Waals surface area contributed by atoms with Crippen LogP contribution in [0.2, 0.25) is 0 Å². The van der Waals surface area contributed by atoms with Gasteiger partial charge in [-0.1, -0.05) is 31.5 Å². The molecule has 1 atom stereocenters. The fourth-order valence-electron chi connectivity index (χ4n) is 1.39. The standard InChI is InChI=1S/C11H18NO4P/c1-2-5-10-6-3-4-7-11(10)16-17(13,14)15-9-8-12/h3-4,6-7H,2,5,8-9,12H2,1H3,(H,13,14). The number of benzene rings is 1. The lowest BCUT2D eigenvalue weighted by atomic mass is 10.1. The van der Waals surface area contributed by atoms with Gasteiger partial charge in [-0.15, -0.1) is 0 Å². The summed E-state index contributed by atoms with van der Waals surface area (Å²) in [5.41, 5.74) is 6.08. The largest absolute Gasteiger partial charge is 0.527 e. The maximum atomic E-state index is 11.6. The van der Waals surface area contributed by atoms with Crippen molar-refractivity contribution in [1.82, 2.24) is 0 Å². The van der Waals surface area contributed by atoms with Gasteiger partial charge in [0.2, 0.25) is 0 Å². The fourth-order valence-corrected chi connectivity index (χ4v) is 2.20. The summed E-state index contributed by atoms with van der Waals surface area (Å²) in [5.74, 6) is 0.386. The van der Waals surface area contributed by atoms with Gasteiger partial charge in [0.25, 0.3) is 0 Å². The summed E-state index contributed by atoms with van der Waals surface area (Å²) in [7, 11) is -4.06. The first-order chi connectivity index (χ1) is 8.09. The van der Waals surface area contributed by atoms with Crippen LogP contribution < -0.4 is 10.3 Å². The average molecular weight is 259 g/mol. The average Bonchev–Trinajstić information content (AvgIpc) is 2.29. The Morgan fingerprint density at radius 1 is 1.41 bits per heavy atom. The Morgan fingerprint density at radius 2 is 2.12 bits per heavy atom. The maximum absolute atomic E-state index is 11.6. The Labute approximate surface area is 101 Å². The lowest BCUT2D eigenvalue weighted by Crippen LogP contribution is -2.09. The number of aryl methyl sites for hydroxylation is 1. The first-order valence-electron chi connectivity index (χ1n) is 5.54. The zero-order chi connectivity index (χ0) is 12.7. The zero-order valence-electron chi connectivity index (χ0n) is 9.83. The van der Waals surface area contributed by atoms with Gasteiger partial charge in [-0.2, -0.15) is 0 Å². The van der Waals surface area contributed by atoms with Crippen LogP contribution in [0.4, 0.5) is 0 Å². The Kier molecular flexibility index (Phi) is 5.65. The van der Waals surface area contributed by atoms with E-state index < -0.39 is 7.82 Å². The van der Waals surface area contributed by atoms with Crippen LogP contribution in [0, 0.1) is 0 Å². The third-order valence-corrected chi connectivity index (χ3v) is 3.01. The van der Waals surface area contributed by atoms with Crippen LogP contribution in [0.5, 0.6) is 5.75 Å². The molecule has 1 aromatic rings. The topological polar surface area (TPSA) is 81.8 Å². The molecule has 1 aromatic carbocycles. The summed E-state index contributed by atoms with van der Waals surface area (Å²) in [5, 5.41) is 0. The summed E-state index contributed by atoms with van der Waals surface area (Å²) in [6, 6.07) is 7.12. The molecule has 0 fully saturated rings. The number of para-hydroxylation sites is 1. The molecule has 1 unspecified atom stereocenters. The highest BCUT2D eigenvalue weighted by Gasteiger charge is 2.23. The van der Waals surface area contributed by atoms with E-state index in [1.165, 1.54) is 0 Å². The highest BCUT2D eigenvalue weighted by molar-refractivity contribution is 7.47. The predicted octanol–water partition coefficient (Wildman–Crippen LogP) is 2.09. The van der Waals surface area contributed by atoms with Crippen LogP contribution in [0.3, 0.4) is 0 Å². The van der Waals surface area contributed by atoms with Gasteiger partial charge >= 0.3 is 7.82 Å². The molecule has 0 aliphatic rings. The minimum Gasteiger partial charge on any atom is -0.404 e. The molecule has 96 valence electrons. The molecule has 0 aromatic heterocycles. The lowest BCUT2D eigenvalue weighted by Gasteiger charge is -2.15. The third-order valence-electron chi connectivity index (χ3n) is 2.08. The summed E-state index contributed by atoms with van der Waals surface area (Å²) in [6.45, 7) is 2.19. The Morgan fingerprint density at radius 3 is 2.76 bits per heavy atom. The van der Waals surface area contributed by atoms with E-state index in [0.717, 1.165) is 18.4 Å². The van der Waals surface area contributed by atoms with E-state index in [9.17, 15) is 9.46 Å². The van der Waals surface area contributed by atoms with Crippen molar-refractivity contribution in [2.75, 3.05) is 13.2 Å². The number of phosphoric ester groups is 1. The first-order valence-corrected chi connectivity index (χ1v) is 7.03. The van der Waals surface area contributed by atoms with Crippen molar-refractivity contribution in [3.05, 3.63) is 29.8 Å². The molecule has 0 aliphatic carbocycles. The number of rotatable bonds is 7. The van der Waals surface area contributed by atoms with Crippen molar-refractivity contribution in [2.24, 2.45) is 5.73 Å². The summed E-state index contributed by atoms with van der Waals surface area (Å²) in [6.07, 6.45) is 1.72. The molecule has 6 heteroatoms. The van der Waals surface area contributed by atoms with Gasteiger partial charge in [0.15, 0.2) is 0 Å². The van der Waals surface area contributed by atoms with Crippen LogP contribution in [0.15, 0.2) is 24.3 Å². The minimum absolute atomic E-state index is 0.0102. The molecule has 0 aliphatic heterocycles. The van der Waals surface area contributed by atoms with Gasteiger partial charge in [-0.05, 0) is 18.1 Å². The number of hydrogen-bond acceptors (Lipinski definition) is 4. The summed E-state index contributed by atoms with van der Waals surface area (Å²) in [4.78, 5) is 9.45. The van der Waals surface area contributed by atoms with Gasteiger partial charge in [0, 0.05) is 6.54 Å². The Balaban J connectivity index is 2.76. The van der Waals surface area contributed by atoms with Crippen molar-refractivity contribution in [1.29, 1.82) is 0 Å². The molecule has 0 saturated heterocycles. The van der Waals surface area contributed by atoms with Crippen molar-refractivity contribution in [2.45, 2.75) is 19.8 Å². The van der Waals surface area contributed by atoms with E-state index >= 15 is 0 Å². The molecule has 0 saturated carbocycles. The van der Waals surface area contributed by atoms with E-state index in [1.807, 2.05) is 19.1 Å². The van der Waals surface area contributed by atoms with E-state index in [-0.39, 0.29) is 13.2 Å². The zero-order valence-corrected chi connectivity index (χ0v) is 10.7. The highest BCUT2D eigenvalue weighted by Crippen LogP contribution is 2.44. The van der Waals surface area contributed by atoms with Crippen LogP contribution in [-0.2, 0) is 15.5 Å². The molecule has 1 rings (SSSR count). The smallest absolute Gasteiger partial charge is 0.404 e. The second-order valence-corrected chi connectivity index (χ2v) is 4.92. The summed E-state index contributed by atoms with van der Waals surface area (Å²) < 4.78 is 21.3. The van der Waals surface area contributed by atoms with Crippen molar-refractivity contribution in [3.63, 3.8) is 0 Å². The van der Waals surface area contributed by atoms with Crippen molar-refractivity contribution >= 4 is 7.82 Å². The molecule has 0 amide bonds. The van der Waals surface area contributed by atoms with E-state index in [4.69, 9.17) is 10.3 Å². The number of hydrogen-bond donors (Lipinski definition) is 2. The minimum atomic E-state index is -4.06. The molecule has 0 spiro atoms. The number of nitrogens with two attached hydrogens (primary N) is 1. The van der Waals surface area contributed by atoms with Gasteiger partial charge < -0.3 is 10.3 Å². The second kappa shape index (κ2) is 6.77. The quantitative estimate of drug-likeness (QED) is 0.733. The summed E-state index contributed by atoms with van der Waals surface area (Å²) >= 11 is 0. The van der Waals surface area contributed by atoms with Crippen LogP contribution in [0.25, 0.3) is 0 Å². The molecule has 0 bridgehead atoms.